The number of fused-ring (bicyclic) bond motifs is 1. The van der Waals surface area contributed by atoms with Gasteiger partial charge in [-0.15, -0.1) is 5.10 Å². The summed E-state index contributed by atoms with van der Waals surface area (Å²) in [6, 6.07) is 13.1. The van der Waals surface area contributed by atoms with Crippen LogP contribution in [0.4, 0.5) is 4.39 Å². The van der Waals surface area contributed by atoms with Crippen molar-refractivity contribution in [3.63, 3.8) is 0 Å². The van der Waals surface area contributed by atoms with E-state index in [0.717, 1.165) is 4.68 Å². The zero-order chi connectivity index (χ0) is 16.9. The van der Waals surface area contributed by atoms with Crippen LogP contribution in [0.1, 0.15) is 12.0 Å². The topological polar surface area (TPSA) is 76.9 Å². The Bertz CT molecular complexity index is 939. The van der Waals surface area contributed by atoms with Crippen molar-refractivity contribution in [3.05, 3.63) is 70.3 Å². The molecule has 0 aliphatic carbocycles. The van der Waals surface area contributed by atoms with Gasteiger partial charge in [-0.3, -0.25) is 9.59 Å². The predicted octanol–water partition coefficient (Wildman–Crippen LogP) is 1.64. The van der Waals surface area contributed by atoms with Crippen molar-refractivity contribution < 1.29 is 9.18 Å². The minimum atomic E-state index is -0.366. The molecule has 7 heteroatoms. The van der Waals surface area contributed by atoms with Crippen LogP contribution in [-0.4, -0.2) is 20.9 Å². The molecule has 1 N–H and O–H groups in total. The minimum Gasteiger partial charge on any atom is -0.352 e. The molecule has 1 amide bonds. The standard InChI is InChI=1S/C17H15FN4O2/c18-14-7-3-1-5-12(14)11-19-16(23)9-10-22-17(24)13-6-2-4-8-15(13)20-21-22/h1-8H,9-11H2,(H,19,23). The van der Waals surface area contributed by atoms with Crippen molar-refractivity contribution in [2.45, 2.75) is 19.5 Å². The second-order valence-electron chi connectivity index (χ2n) is 5.25. The van der Waals surface area contributed by atoms with Gasteiger partial charge >= 0.3 is 0 Å². The fourth-order valence-corrected chi connectivity index (χ4v) is 2.30. The van der Waals surface area contributed by atoms with Crippen molar-refractivity contribution in [2.75, 3.05) is 0 Å². The number of hydrogen-bond acceptors (Lipinski definition) is 4. The number of aromatic nitrogens is 3. The van der Waals surface area contributed by atoms with Crippen molar-refractivity contribution in [1.82, 2.24) is 20.3 Å². The molecule has 0 unspecified atom stereocenters. The molecule has 0 aliphatic rings. The van der Waals surface area contributed by atoms with Gasteiger partial charge in [-0.2, -0.15) is 0 Å². The summed E-state index contributed by atoms with van der Waals surface area (Å²) >= 11 is 0. The summed E-state index contributed by atoms with van der Waals surface area (Å²) in [4.78, 5) is 24.1. The lowest BCUT2D eigenvalue weighted by Gasteiger charge is -2.07. The van der Waals surface area contributed by atoms with Crippen molar-refractivity contribution >= 4 is 16.8 Å². The summed E-state index contributed by atoms with van der Waals surface area (Å²) in [5, 5.41) is 10.9. The summed E-state index contributed by atoms with van der Waals surface area (Å²) in [6.45, 7) is 0.212. The van der Waals surface area contributed by atoms with E-state index < -0.39 is 0 Å². The van der Waals surface area contributed by atoms with Crippen molar-refractivity contribution in [1.29, 1.82) is 0 Å². The molecule has 1 aromatic heterocycles. The Hall–Kier alpha value is -3.09. The van der Waals surface area contributed by atoms with Gasteiger partial charge in [-0.1, -0.05) is 35.5 Å². The molecule has 0 saturated heterocycles. The molecule has 2 aromatic carbocycles. The lowest BCUT2D eigenvalue weighted by Crippen LogP contribution is -2.29. The summed E-state index contributed by atoms with van der Waals surface area (Å²) in [5.41, 5.74) is 0.638. The monoisotopic (exact) mass is 326 g/mol. The van der Waals surface area contributed by atoms with Gasteiger partial charge in [0.1, 0.15) is 11.3 Å². The van der Waals surface area contributed by atoms with E-state index in [2.05, 4.69) is 15.6 Å². The number of hydrogen-bond donors (Lipinski definition) is 1. The number of nitrogens with one attached hydrogen (secondary N) is 1. The minimum absolute atomic E-state index is 0.0569. The Morgan fingerprint density at radius 1 is 1.12 bits per heavy atom. The van der Waals surface area contributed by atoms with Crippen LogP contribution in [0.15, 0.2) is 53.3 Å². The molecule has 24 heavy (non-hydrogen) atoms. The Morgan fingerprint density at radius 2 is 1.88 bits per heavy atom. The van der Waals surface area contributed by atoms with Gasteiger partial charge in [-0.05, 0) is 18.2 Å². The van der Waals surface area contributed by atoms with E-state index in [4.69, 9.17) is 0 Å². The third-order valence-corrected chi connectivity index (χ3v) is 3.61. The maximum atomic E-state index is 13.5. The molecule has 6 nitrogen and oxygen atoms in total. The second-order valence-corrected chi connectivity index (χ2v) is 5.25. The number of amides is 1. The number of halogens is 1. The molecule has 0 saturated carbocycles. The normalized spacial score (nSPS) is 10.7. The predicted molar refractivity (Wildman–Crippen MR) is 86.7 cm³/mol. The molecule has 0 aliphatic heterocycles. The average Bonchev–Trinajstić information content (AvgIpc) is 2.61. The van der Waals surface area contributed by atoms with E-state index in [-0.39, 0.29) is 36.8 Å². The van der Waals surface area contributed by atoms with E-state index in [1.807, 2.05) is 0 Å². The third-order valence-electron chi connectivity index (χ3n) is 3.61. The second kappa shape index (κ2) is 6.99. The number of nitrogens with zero attached hydrogens (tertiary/aromatic N) is 3. The van der Waals surface area contributed by atoms with Crippen LogP contribution >= 0.6 is 0 Å². The van der Waals surface area contributed by atoms with Crippen LogP contribution in [0.2, 0.25) is 0 Å². The van der Waals surface area contributed by atoms with Gasteiger partial charge in [0.05, 0.1) is 11.9 Å². The molecule has 3 rings (SSSR count). The Morgan fingerprint density at radius 3 is 2.71 bits per heavy atom. The van der Waals surface area contributed by atoms with Gasteiger partial charge in [0.15, 0.2) is 0 Å². The van der Waals surface area contributed by atoms with Gasteiger partial charge in [-0.25, -0.2) is 9.07 Å². The number of aryl methyl sites for hydroxylation is 1. The fourth-order valence-electron chi connectivity index (χ4n) is 2.30. The molecule has 122 valence electrons. The van der Waals surface area contributed by atoms with Gasteiger partial charge < -0.3 is 5.32 Å². The summed E-state index contributed by atoms with van der Waals surface area (Å²) in [6.07, 6.45) is 0.0569. The van der Waals surface area contributed by atoms with Crippen molar-refractivity contribution in [2.24, 2.45) is 0 Å². The highest BCUT2D eigenvalue weighted by molar-refractivity contribution is 5.77. The molecule has 1 heterocycles. The van der Waals surface area contributed by atoms with Crippen LogP contribution < -0.4 is 10.9 Å². The van der Waals surface area contributed by atoms with E-state index in [9.17, 15) is 14.0 Å². The number of benzene rings is 2. The molecule has 0 spiro atoms. The maximum absolute atomic E-state index is 13.5. The Kier molecular flexibility index (Phi) is 4.60. The number of rotatable bonds is 5. The van der Waals surface area contributed by atoms with Gasteiger partial charge in [0.25, 0.3) is 5.56 Å². The van der Waals surface area contributed by atoms with E-state index in [1.165, 1.54) is 6.07 Å². The highest BCUT2D eigenvalue weighted by Crippen LogP contribution is 2.06. The quantitative estimate of drug-likeness (QED) is 0.773. The Balaban J connectivity index is 1.61. The lowest BCUT2D eigenvalue weighted by atomic mass is 10.2. The molecule has 0 radical (unpaired) electrons. The average molecular weight is 326 g/mol. The zero-order valence-corrected chi connectivity index (χ0v) is 12.8. The van der Waals surface area contributed by atoms with Gasteiger partial charge in [0, 0.05) is 18.5 Å². The van der Waals surface area contributed by atoms with Crippen LogP contribution in [0.25, 0.3) is 10.9 Å². The first kappa shape index (κ1) is 15.8. The van der Waals surface area contributed by atoms with Crippen molar-refractivity contribution in [3.8, 4) is 0 Å². The highest BCUT2D eigenvalue weighted by Gasteiger charge is 2.08. The van der Waals surface area contributed by atoms with Crippen LogP contribution in [0.5, 0.6) is 0 Å². The number of carbonyl (C=O) groups excluding carboxylic acids is 1. The lowest BCUT2D eigenvalue weighted by molar-refractivity contribution is -0.121. The SMILES string of the molecule is O=C(CCn1nnc2ccccc2c1=O)NCc1ccccc1F. The molecule has 3 aromatic rings. The molecule has 0 fully saturated rings. The molecular weight excluding hydrogens is 311 g/mol. The summed E-state index contributed by atoms with van der Waals surface area (Å²) in [5.74, 6) is -0.658. The number of carbonyl (C=O) groups is 1. The summed E-state index contributed by atoms with van der Waals surface area (Å²) < 4.78 is 14.6. The van der Waals surface area contributed by atoms with Gasteiger partial charge in [0.2, 0.25) is 5.91 Å². The first-order valence-electron chi connectivity index (χ1n) is 7.48. The molecule has 0 atom stereocenters. The third kappa shape index (κ3) is 3.45. The smallest absolute Gasteiger partial charge is 0.277 e. The van der Waals surface area contributed by atoms with Crippen LogP contribution in [-0.2, 0) is 17.9 Å². The van der Waals surface area contributed by atoms with E-state index >= 15 is 0 Å². The zero-order valence-electron chi connectivity index (χ0n) is 12.8. The van der Waals surface area contributed by atoms with Crippen LogP contribution in [0, 0.1) is 5.82 Å². The largest absolute Gasteiger partial charge is 0.352 e. The fraction of sp³-hybridized carbons (Fsp3) is 0.176. The van der Waals surface area contributed by atoms with Crippen LogP contribution in [0.3, 0.4) is 0 Å². The first-order valence-corrected chi connectivity index (χ1v) is 7.48. The highest BCUT2D eigenvalue weighted by atomic mass is 19.1. The van der Waals surface area contributed by atoms with E-state index in [0.29, 0.717) is 16.5 Å². The maximum Gasteiger partial charge on any atom is 0.277 e. The molecule has 0 bridgehead atoms. The Labute approximate surface area is 136 Å². The molecular formula is C17H15FN4O2. The summed E-state index contributed by atoms with van der Waals surface area (Å²) in [7, 11) is 0. The van der Waals surface area contributed by atoms with E-state index in [1.54, 1.807) is 42.5 Å². The first-order chi connectivity index (χ1) is 11.6.